The summed E-state index contributed by atoms with van der Waals surface area (Å²) < 4.78 is 51.0. The number of halogens is 4. The summed E-state index contributed by atoms with van der Waals surface area (Å²) in [5.41, 5.74) is -1.79. The van der Waals surface area contributed by atoms with E-state index < -0.39 is 35.4 Å². The molecule has 0 spiro atoms. The maximum atomic E-state index is 12.9. The van der Waals surface area contributed by atoms with E-state index in [1.165, 1.54) is 0 Å². The smallest absolute Gasteiger partial charge is 0.393 e. The van der Waals surface area contributed by atoms with Crippen molar-refractivity contribution in [3.8, 4) is 0 Å². The predicted molar refractivity (Wildman–Crippen MR) is 69.3 cm³/mol. The Morgan fingerprint density at radius 2 is 2.05 bits per heavy atom. The Labute approximate surface area is 119 Å². The number of nitrogens with one attached hydrogen (secondary N) is 2. The van der Waals surface area contributed by atoms with Crippen LogP contribution < -0.4 is 10.6 Å². The van der Waals surface area contributed by atoms with Gasteiger partial charge < -0.3 is 15.7 Å². The van der Waals surface area contributed by atoms with Crippen LogP contribution in [0.25, 0.3) is 0 Å². The quantitative estimate of drug-likeness (QED) is 0.732. The number of anilines is 1. The zero-order valence-corrected chi connectivity index (χ0v) is 11.3. The normalized spacial score (nSPS) is 12.9. The molecule has 1 atom stereocenters. The molecule has 0 bridgehead atoms. The van der Waals surface area contributed by atoms with E-state index in [1.54, 1.807) is 6.92 Å². The lowest BCUT2D eigenvalue weighted by Gasteiger charge is -2.14. The lowest BCUT2D eigenvalue weighted by atomic mass is 10.1. The lowest BCUT2D eigenvalue weighted by Crippen LogP contribution is -2.32. The van der Waals surface area contributed by atoms with Gasteiger partial charge in [0.2, 0.25) is 0 Å². The molecule has 118 valence electrons. The van der Waals surface area contributed by atoms with Gasteiger partial charge in [0.25, 0.3) is 0 Å². The zero-order chi connectivity index (χ0) is 16.0. The van der Waals surface area contributed by atoms with Crippen molar-refractivity contribution in [1.29, 1.82) is 0 Å². The number of aliphatic hydroxyl groups excluding tert-OH is 1. The fourth-order valence-corrected chi connectivity index (χ4v) is 1.58. The minimum atomic E-state index is -4.77. The fraction of sp³-hybridized carbons (Fsp3) is 0.462. The molecule has 0 radical (unpaired) electrons. The first-order valence-corrected chi connectivity index (χ1v) is 6.33. The van der Waals surface area contributed by atoms with E-state index in [1.807, 2.05) is 5.32 Å². The topological polar surface area (TPSA) is 61.4 Å². The molecule has 21 heavy (non-hydrogen) atoms. The third-order valence-electron chi connectivity index (χ3n) is 2.77. The standard InChI is InChI=1S/C13H16F4N2O2/c1-2-9(20)5-6-18-12(21)19-11-4-3-8(14)7-10(11)13(15,16)17/h3-4,7,9,20H,2,5-6H2,1H3,(H2,18,19,21). The first-order valence-electron chi connectivity index (χ1n) is 6.33. The highest BCUT2D eigenvalue weighted by Gasteiger charge is 2.34. The number of amides is 2. The van der Waals surface area contributed by atoms with Crippen molar-refractivity contribution in [1.82, 2.24) is 5.32 Å². The number of hydrogen-bond acceptors (Lipinski definition) is 2. The van der Waals surface area contributed by atoms with Crippen LogP contribution in [0.1, 0.15) is 25.3 Å². The van der Waals surface area contributed by atoms with Crippen LogP contribution in [0.2, 0.25) is 0 Å². The van der Waals surface area contributed by atoms with Gasteiger partial charge in [-0.05, 0) is 31.0 Å². The van der Waals surface area contributed by atoms with E-state index in [4.69, 9.17) is 0 Å². The first-order chi connectivity index (χ1) is 9.74. The van der Waals surface area contributed by atoms with E-state index in [9.17, 15) is 27.5 Å². The van der Waals surface area contributed by atoms with Crippen molar-refractivity contribution >= 4 is 11.7 Å². The van der Waals surface area contributed by atoms with Crippen molar-refractivity contribution in [2.45, 2.75) is 32.0 Å². The Morgan fingerprint density at radius 1 is 1.38 bits per heavy atom. The van der Waals surface area contributed by atoms with Gasteiger partial charge in [0.05, 0.1) is 17.4 Å². The molecule has 4 nitrogen and oxygen atoms in total. The maximum absolute atomic E-state index is 12.9. The summed E-state index contributed by atoms with van der Waals surface area (Å²) >= 11 is 0. The van der Waals surface area contributed by atoms with E-state index in [2.05, 4.69) is 5.32 Å². The first kappa shape index (κ1) is 17.2. The fourth-order valence-electron chi connectivity index (χ4n) is 1.58. The largest absolute Gasteiger partial charge is 0.418 e. The van der Waals surface area contributed by atoms with Crippen LogP contribution in [0.3, 0.4) is 0 Å². The van der Waals surface area contributed by atoms with Crippen LogP contribution in [0.15, 0.2) is 18.2 Å². The molecule has 3 N–H and O–H groups in total. The summed E-state index contributed by atoms with van der Waals surface area (Å²) in [6.07, 6.45) is -4.55. The number of carbonyl (C=O) groups excluding carboxylic acids is 1. The van der Waals surface area contributed by atoms with Gasteiger partial charge in [0.1, 0.15) is 5.82 Å². The number of alkyl halides is 3. The Balaban J connectivity index is 2.68. The average molecular weight is 308 g/mol. The van der Waals surface area contributed by atoms with Gasteiger partial charge >= 0.3 is 12.2 Å². The molecular weight excluding hydrogens is 292 g/mol. The number of benzene rings is 1. The number of rotatable bonds is 5. The molecule has 1 rings (SSSR count). The molecule has 0 aliphatic heterocycles. The predicted octanol–water partition coefficient (Wildman–Crippen LogP) is 3.13. The highest BCUT2D eigenvalue weighted by atomic mass is 19.4. The number of carbonyl (C=O) groups is 1. The van der Waals surface area contributed by atoms with Crippen LogP contribution in [0, 0.1) is 5.82 Å². The van der Waals surface area contributed by atoms with Crippen molar-refractivity contribution in [2.24, 2.45) is 0 Å². The summed E-state index contributed by atoms with van der Waals surface area (Å²) in [6, 6.07) is 1.14. The number of urea groups is 1. The summed E-state index contributed by atoms with van der Waals surface area (Å²) in [7, 11) is 0. The van der Waals surface area contributed by atoms with Crippen LogP contribution in [-0.2, 0) is 6.18 Å². The Morgan fingerprint density at radius 3 is 2.62 bits per heavy atom. The molecule has 8 heteroatoms. The zero-order valence-electron chi connectivity index (χ0n) is 11.3. The van der Waals surface area contributed by atoms with Crippen molar-refractivity contribution in [3.63, 3.8) is 0 Å². The van der Waals surface area contributed by atoms with E-state index in [0.29, 0.717) is 18.9 Å². The molecule has 1 unspecified atom stereocenters. The van der Waals surface area contributed by atoms with Gasteiger partial charge in [-0.1, -0.05) is 6.92 Å². The second kappa shape index (κ2) is 7.26. The van der Waals surface area contributed by atoms with E-state index in [0.717, 1.165) is 12.1 Å². The highest BCUT2D eigenvalue weighted by Crippen LogP contribution is 2.35. The maximum Gasteiger partial charge on any atom is 0.418 e. The van der Waals surface area contributed by atoms with Crippen molar-refractivity contribution in [2.75, 3.05) is 11.9 Å². The summed E-state index contributed by atoms with van der Waals surface area (Å²) in [5, 5.41) is 13.6. The minimum absolute atomic E-state index is 0.114. The van der Waals surface area contributed by atoms with Crippen LogP contribution in [0.5, 0.6) is 0 Å². The molecule has 2 amide bonds. The minimum Gasteiger partial charge on any atom is -0.393 e. The monoisotopic (exact) mass is 308 g/mol. The Bertz CT molecular complexity index is 492. The lowest BCUT2D eigenvalue weighted by molar-refractivity contribution is -0.137. The second-order valence-electron chi connectivity index (χ2n) is 4.42. The molecular formula is C13H16F4N2O2. The summed E-state index contributed by atoms with van der Waals surface area (Å²) in [6.45, 7) is 1.88. The van der Waals surface area contributed by atoms with Crippen molar-refractivity contribution < 1.29 is 27.5 Å². The molecule has 0 saturated carbocycles. The van der Waals surface area contributed by atoms with Crippen LogP contribution in [0.4, 0.5) is 28.0 Å². The molecule has 0 aliphatic rings. The molecule has 1 aromatic rings. The van der Waals surface area contributed by atoms with Gasteiger partial charge in [-0.3, -0.25) is 0 Å². The second-order valence-corrected chi connectivity index (χ2v) is 4.42. The molecule has 1 aromatic carbocycles. The number of hydrogen-bond donors (Lipinski definition) is 3. The molecule has 0 saturated heterocycles. The Hall–Kier alpha value is -1.83. The summed E-state index contributed by atoms with van der Waals surface area (Å²) in [5.74, 6) is -1.04. The molecule has 0 aliphatic carbocycles. The van der Waals surface area contributed by atoms with E-state index in [-0.39, 0.29) is 6.54 Å². The van der Waals surface area contributed by atoms with Crippen LogP contribution >= 0.6 is 0 Å². The molecule has 0 aromatic heterocycles. The van der Waals surface area contributed by atoms with Crippen LogP contribution in [-0.4, -0.2) is 23.8 Å². The SMILES string of the molecule is CCC(O)CCNC(=O)Nc1ccc(F)cc1C(F)(F)F. The van der Waals surface area contributed by atoms with Gasteiger partial charge in [-0.15, -0.1) is 0 Å². The third kappa shape index (κ3) is 5.58. The van der Waals surface area contributed by atoms with E-state index >= 15 is 0 Å². The van der Waals surface area contributed by atoms with Gasteiger partial charge in [-0.2, -0.15) is 13.2 Å². The number of aliphatic hydroxyl groups is 1. The van der Waals surface area contributed by atoms with Gasteiger partial charge in [0.15, 0.2) is 0 Å². The molecule has 0 fully saturated rings. The molecule has 0 heterocycles. The van der Waals surface area contributed by atoms with Gasteiger partial charge in [-0.25, -0.2) is 9.18 Å². The average Bonchev–Trinajstić information content (AvgIpc) is 2.39. The van der Waals surface area contributed by atoms with Gasteiger partial charge in [0, 0.05) is 6.54 Å². The summed E-state index contributed by atoms with van der Waals surface area (Å²) in [4.78, 5) is 11.5. The van der Waals surface area contributed by atoms with Crippen molar-refractivity contribution in [3.05, 3.63) is 29.6 Å². The highest BCUT2D eigenvalue weighted by molar-refractivity contribution is 5.90. The third-order valence-corrected chi connectivity index (χ3v) is 2.77. The Kier molecular flexibility index (Phi) is 5.95.